The third-order valence-electron chi connectivity index (χ3n) is 2.45. The van der Waals surface area contributed by atoms with Gasteiger partial charge in [-0.1, -0.05) is 0 Å². The van der Waals surface area contributed by atoms with E-state index in [9.17, 15) is 4.79 Å². The van der Waals surface area contributed by atoms with Crippen LogP contribution in [-0.4, -0.2) is 38.8 Å². The molecule has 1 amide bonds. The van der Waals surface area contributed by atoms with Gasteiger partial charge in [0.2, 0.25) is 5.91 Å². The van der Waals surface area contributed by atoms with Gasteiger partial charge in [-0.25, -0.2) is 0 Å². The summed E-state index contributed by atoms with van der Waals surface area (Å²) >= 11 is 0. The lowest BCUT2D eigenvalue weighted by atomic mass is 10.2. The molecule has 0 spiro atoms. The maximum atomic E-state index is 11.5. The quantitative estimate of drug-likeness (QED) is 0.606. The van der Waals surface area contributed by atoms with Crippen LogP contribution in [0.4, 0.5) is 0 Å². The molecule has 1 aliphatic heterocycles. The highest BCUT2D eigenvalue weighted by Crippen LogP contribution is 2.04. The van der Waals surface area contributed by atoms with Crippen LogP contribution < -0.4 is 10.6 Å². The number of methoxy groups -OCH3 is 1. The Morgan fingerprint density at radius 2 is 2.43 bits per heavy atom. The van der Waals surface area contributed by atoms with E-state index in [0.717, 1.165) is 45.4 Å². The van der Waals surface area contributed by atoms with Gasteiger partial charge in [0.15, 0.2) is 0 Å². The fraction of sp³-hybridized carbons (Fsp3) is 0.900. The Hall–Kier alpha value is -0.610. The minimum atomic E-state index is 0.0532. The summed E-state index contributed by atoms with van der Waals surface area (Å²) in [5.74, 6) is 0.153. The van der Waals surface area contributed by atoms with Gasteiger partial charge in [0, 0.05) is 20.3 Å². The summed E-state index contributed by atoms with van der Waals surface area (Å²) in [6.07, 6.45) is 4.09. The van der Waals surface area contributed by atoms with Gasteiger partial charge in [-0.3, -0.25) is 4.79 Å². The molecule has 2 N–H and O–H groups in total. The Balaban J connectivity index is 1.97. The first kappa shape index (κ1) is 11.5. The summed E-state index contributed by atoms with van der Waals surface area (Å²) in [6.45, 7) is 2.51. The van der Waals surface area contributed by atoms with Crippen molar-refractivity contribution in [2.24, 2.45) is 0 Å². The fourth-order valence-electron chi connectivity index (χ4n) is 1.61. The number of hydrogen-bond donors (Lipinski definition) is 2. The van der Waals surface area contributed by atoms with Crippen molar-refractivity contribution in [3.63, 3.8) is 0 Å². The van der Waals surface area contributed by atoms with E-state index in [1.54, 1.807) is 7.11 Å². The lowest BCUT2D eigenvalue weighted by molar-refractivity contribution is -0.122. The molecule has 1 heterocycles. The average molecular weight is 200 g/mol. The first-order valence-corrected chi connectivity index (χ1v) is 5.34. The molecular formula is C10H20N2O2. The van der Waals surface area contributed by atoms with Crippen LogP contribution in [0.1, 0.15) is 25.7 Å². The third kappa shape index (κ3) is 4.07. The van der Waals surface area contributed by atoms with E-state index in [0.29, 0.717) is 0 Å². The Morgan fingerprint density at radius 1 is 1.57 bits per heavy atom. The zero-order valence-corrected chi connectivity index (χ0v) is 8.84. The second-order valence-corrected chi connectivity index (χ2v) is 3.64. The Bertz CT molecular complexity index is 168. The highest BCUT2D eigenvalue weighted by molar-refractivity contribution is 5.81. The van der Waals surface area contributed by atoms with Crippen LogP contribution in [0, 0.1) is 0 Å². The van der Waals surface area contributed by atoms with Gasteiger partial charge in [0.05, 0.1) is 6.04 Å². The first-order chi connectivity index (χ1) is 6.84. The molecule has 1 rings (SSSR count). The van der Waals surface area contributed by atoms with Crippen LogP contribution in [0.3, 0.4) is 0 Å². The van der Waals surface area contributed by atoms with Crippen LogP contribution in [0.15, 0.2) is 0 Å². The summed E-state index contributed by atoms with van der Waals surface area (Å²) in [7, 11) is 1.70. The monoisotopic (exact) mass is 200 g/mol. The number of ether oxygens (including phenoxy) is 1. The molecule has 0 aromatic rings. The average Bonchev–Trinajstić information content (AvgIpc) is 2.70. The molecule has 0 aromatic heterocycles. The number of nitrogens with one attached hydrogen (secondary N) is 2. The van der Waals surface area contributed by atoms with Crippen molar-refractivity contribution < 1.29 is 9.53 Å². The zero-order chi connectivity index (χ0) is 10.2. The van der Waals surface area contributed by atoms with Crippen LogP contribution in [0.2, 0.25) is 0 Å². The SMILES string of the molecule is COCCCCNC(=O)C1CCCN1. The Kier molecular flexibility index (Phi) is 5.56. The van der Waals surface area contributed by atoms with Gasteiger partial charge in [0.1, 0.15) is 0 Å². The van der Waals surface area contributed by atoms with Crippen molar-refractivity contribution in [3.05, 3.63) is 0 Å². The Morgan fingerprint density at radius 3 is 3.07 bits per heavy atom. The second-order valence-electron chi connectivity index (χ2n) is 3.64. The maximum absolute atomic E-state index is 11.5. The number of rotatable bonds is 6. The molecule has 4 heteroatoms. The number of unbranched alkanes of at least 4 members (excludes halogenated alkanes) is 1. The molecule has 1 atom stereocenters. The highest BCUT2D eigenvalue weighted by Gasteiger charge is 2.20. The minimum absolute atomic E-state index is 0.0532. The number of carbonyl (C=O) groups excluding carboxylic acids is 1. The van der Waals surface area contributed by atoms with E-state index in [1.807, 2.05) is 0 Å². The van der Waals surface area contributed by atoms with E-state index < -0.39 is 0 Å². The molecule has 0 bridgehead atoms. The third-order valence-corrected chi connectivity index (χ3v) is 2.45. The van der Waals surface area contributed by atoms with Gasteiger partial charge >= 0.3 is 0 Å². The van der Waals surface area contributed by atoms with Gasteiger partial charge in [-0.15, -0.1) is 0 Å². The second kappa shape index (κ2) is 6.79. The fourth-order valence-corrected chi connectivity index (χ4v) is 1.61. The summed E-state index contributed by atoms with van der Waals surface area (Å²) in [6, 6.07) is 0.0532. The molecule has 82 valence electrons. The smallest absolute Gasteiger partial charge is 0.237 e. The molecule has 1 aliphatic rings. The number of amides is 1. The van der Waals surface area contributed by atoms with Crippen LogP contribution in [-0.2, 0) is 9.53 Å². The van der Waals surface area contributed by atoms with Crippen molar-refractivity contribution >= 4 is 5.91 Å². The van der Waals surface area contributed by atoms with Crippen LogP contribution in [0.25, 0.3) is 0 Å². The highest BCUT2D eigenvalue weighted by atomic mass is 16.5. The van der Waals surface area contributed by atoms with Gasteiger partial charge < -0.3 is 15.4 Å². The predicted molar refractivity (Wildman–Crippen MR) is 55.1 cm³/mol. The van der Waals surface area contributed by atoms with Crippen molar-refractivity contribution in [2.75, 3.05) is 26.8 Å². The van der Waals surface area contributed by atoms with Crippen molar-refractivity contribution in [3.8, 4) is 0 Å². The first-order valence-electron chi connectivity index (χ1n) is 5.34. The zero-order valence-electron chi connectivity index (χ0n) is 8.84. The summed E-state index contributed by atoms with van der Waals surface area (Å²) < 4.78 is 4.92. The normalized spacial score (nSPS) is 21.1. The molecular weight excluding hydrogens is 180 g/mol. The predicted octanol–water partition coefficient (Wildman–Crippen LogP) is 0.281. The largest absolute Gasteiger partial charge is 0.385 e. The van der Waals surface area contributed by atoms with E-state index in [-0.39, 0.29) is 11.9 Å². The van der Waals surface area contributed by atoms with Crippen molar-refractivity contribution in [1.82, 2.24) is 10.6 Å². The number of hydrogen-bond acceptors (Lipinski definition) is 3. The van der Waals surface area contributed by atoms with E-state index in [2.05, 4.69) is 10.6 Å². The molecule has 1 saturated heterocycles. The molecule has 1 fully saturated rings. The minimum Gasteiger partial charge on any atom is -0.385 e. The lowest BCUT2D eigenvalue weighted by Crippen LogP contribution is -2.40. The van der Waals surface area contributed by atoms with Crippen molar-refractivity contribution in [1.29, 1.82) is 0 Å². The van der Waals surface area contributed by atoms with E-state index in [4.69, 9.17) is 4.74 Å². The lowest BCUT2D eigenvalue weighted by Gasteiger charge is -2.10. The standard InChI is InChI=1S/C10H20N2O2/c1-14-8-3-2-6-12-10(13)9-5-4-7-11-9/h9,11H,2-8H2,1H3,(H,12,13). The molecule has 14 heavy (non-hydrogen) atoms. The molecule has 0 aliphatic carbocycles. The van der Waals surface area contributed by atoms with Crippen LogP contribution >= 0.6 is 0 Å². The molecule has 1 unspecified atom stereocenters. The molecule has 0 saturated carbocycles. The van der Waals surface area contributed by atoms with E-state index >= 15 is 0 Å². The Labute approximate surface area is 85.4 Å². The molecule has 0 aromatic carbocycles. The number of carbonyl (C=O) groups is 1. The summed E-state index contributed by atoms with van der Waals surface area (Å²) in [4.78, 5) is 11.5. The van der Waals surface area contributed by atoms with Gasteiger partial charge in [-0.05, 0) is 32.2 Å². The summed E-state index contributed by atoms with van der Waals surface area (Å²) in [5.41, 5.74) is 0. The molecule has 4 nitrogen and oxygen atoms in total. The van der Waals surface area contributed by atoms with Gasteiger partial charge in [-0.2, -0.15) is 0 Å². The van der Waals surface area contributed by atoms with Gasteiger partial charge in [0.25, 0.3) is 0 Å². The summed E-state index contributed by atoms with van der Waals surface area (Å²) in [5, 5.41) is 6.10. The molecule has 0 radical (unpaired) electrons. The van der Waals surface area contributed by atoms with Crippen molar-refractivity contribution in [2.45, 2.75) is 31.7 Å². The topological polar surface area (TPSA) is 50.4 Å². The maximum Gasteiger partial charge on any atom is 0.237 e. The van der Waals surface area contributed by atoms with E-state index in [1.165, 1.54) is 0 Å². The van der Waals surface area contributed by atoms with Crippen LogP contribution in [0.5, 0.6) is 0 Å².